The van der Waals surface area contributed by atoms with Crippen molar-refractivity contribution in [1.82, 2.24) is 4.68 Å². The quantitative estimate of drug-likeness (QED) is 0.159. The van der Waals surface area contributed by atoms with E-state index >= 15 is 0 Å². The molecule has 0 saturated heterocycles. The molecule has 0 atom stereocenters. The van der Waals surface area contributed by atoms with Crippen LogP contribution < -0.4 is 9.70 Å². The average Bonchev–Trinajstić information content (AvgIpc) is 3.40. The molecule has 10 nitrogen and oxygen atoms in total. The van der Waals surface area contributed by atoms with Crippen LogP contribution in [0.5, 0.6) is 0 Å². The van der Waals surface area contributed by atoms with Crippen LogP contribution in [0.2, 0.25) is 0 Å². The van der Waals surface area contributed by atoms with E-state index < -0.39 is 9.85 Å². The van der Waals surface area contributed by atoms with Crippen LogP contribution in [0.4, 0.5) is 22.7 Å². The van der Waals surface area contributed by atoms with Gasteiger partial charge >= 0.3 is 0 Å². The fraction of sp³-hybridized carbons (Fsp3) is 0.143. The third kappa shape index (κ3) is 4.75. The maximum atomic E-state index is 11.6. The number of rotatable bonds is 6. The molecule has 0 amide bonds. The Morgan fingerprint density at radius 1 is 0.923 bits per heavy atom. The normalized spacial score (nSPS) is 15.7. The van der Waals surface area contributed by atoms with E-state index in [4.69, 9.17) is 5.10 Å². The number of non-ortho nitro benzene ring substituents is 1. The predicted octanol–water partition coefficient (Wildman–Crippen LogP) is 6.41. The Kier molecular flexibility index (Phi) is 6.67. The largest absolute Gasteiger partial charge is 0.347 e. The topological polar surface area (TPSA) is 119 Å². The van der Waals surface area contributed by atoms with Gasteiger partial charge in [0.05, 0.1) is 15.5 Å². The van der Waals surface area contributed by atoms with Crippen molar-refractivity contribution in [2.45, 2.75) is 19.3 Å². The summed E-state index contributed by atoms with van der Waals surface area (Å²) in [4.78, 5) is 28.9. The summed E-state index contributed by atoms with van der Waals surface area (Å²) in [6.07, 6.45) is 3.62. The molecule has 0 spiro atoms. The van der Waals surface area contributed by atoms with Gasteiger partial charge < -0.3 is 4.90 Å². The van der Waals surface area contributed by atoms with Crippen molar-refractivity contribution in [2.24, 2.45) is 10.1 Å². The third-order valence-corrected chi connectivity index (χ3v) is 7.52. The summed E-state index contributed by atoms with van der Waals surface area (Å²) in [7, 11) is 2.02. The molecule has 1 aliphatic heterocycles. The van der Waals surface area contributed by atoms with Crippen LogP contribution in [0.1, 0.15) is 19.4 Å². The number of nitro benzene ring substituents is 2. The van der Waals surface area contributed by atoms with E-state index in [1.54, 1.807) is 41.2 Å². The Labute approximate surface area is 227 Å². The number of nitro groups is 2. The van der Waals surface area contributed by atoms with Gasteiger partial charge in [0.2, 0.25) is 4.80 Å². The van der Waals surface area contributed by atoms with Crippen molar-refractivity contribution in [2.75, 3.05) is 11.9 Å². The van der Waals surface area contributed by atoms with Gasteiger partial charge in [-0.15, -0.1) is 11.3 Å². The molecule has 0 fully saturated rings. The number of hydrogen-bond acceptors (Lipinski definition) is 8. The van der Waals surface area contributed by atoms with Gasteiger partial charge in [0, 0.05) is 59.2 Å². The first-order valence-corrected chi connectivity index (χ1v) is 12.9. The van der Waals surface area contributed by atoms with Gasteiger partial charge in [-0.05, 0) is 35.9 Å². The maximum Gasteiger partial charge on any atom is 0.294 e. The molecule has 0 bridgehead atoms. The Morgan fingerprint density at radius 3 is 2.31 bits per heavy atom. The second-order valence-electron chi connectivity index (χ2n) is 9.39. The molecule has 1 aromatic heterocycles. The molecular formula is C28H24N6O4S. The third-order valence-electron chi connectivity index (χ3n) is 6.71. The number of nitrogens with zero attached hydrogens (tertiary/aromatic N) is 6. The van der Waals surface area contributed by atoms with Crippen LogP contribution in [-0.2, 0) is 5.41 Å². The number of anilines is 1. The van der Waals surface area contributed by atoms with E-state index in [0.29, 0.717) is 16.1 Å². The van der Waals surface area contributed by atoms with E-state index in [2.05, 4.69) is 35.9 Å². The molecule has 39 heavy (non-hydrogen) atoms. The first kappa shape index (κ1) is 25.7. The zero-order valence-electron chi connectivity index (χ0n) is 21.4. The predicted molar refractivity (Wildman–Crippen MR) is 153 cm³/mol. The molecule has 0 radical (unpaired) electrons. The smallest absolute Gasteiger partial charge is 0.294 e. The second-order valence-corrected chi connectivity index (χ2v) is 10.2. The highest BCUT2D eigenvalue weighted by molar-refractivity contribution is 7.07. The summed E-state index contributed by atoms with van der Waals surface area (Å²) in [5, 5.41) is 29.2. The van der Waals surface area contributed by atoms with Crippen LogP contribution in [0.15, 0.2) is 100 Å². The minimum atomic E-state index is -0.475. The molecule has 0 aliphatic carbocycles. The van der Waals surface area contributed by atoms with Crippen LogP contribution in [0.25, 0.3) is 11.3 Å². The summed E-state index contributed by atoms with van der Waals surface area (Å²) in [5.74, 6) is 0. The Bertz CT molecular complexity index is 1720. The van der Waals surface area contributed by atoms with E-state index in [0.717, 1.165) is 11.4 Å². The molecule has 11 heteroatoms. The fourth-order valence-corrected chi connectivity index (χ4v) is 5.58. The highest BCUT2D eigenvalue weighted by Gasteiger charge is 2.37. The molecule has 1 aliphatic rings. The minimum Gasteiger partial charge on any atom is -0.347 e. The summed E-state index contributed by atoms with van der Waals surface area (Å²) < 4.78 is 1.59. The highest BCUT2D eigenvalue weighted by Crippen LogP contribution is 2.46. The molecule has 0 saturated carbocycles. The van der Waals surface area contributed by atoms with Crippen LogP contribution in [-0.4, -0.2) is 27.8 Å². The lowest BCUT2D eigenvalue weighted by molar-refractivity contribution is -0.384. The number of benzene rings is 3. The summed E-state index contributed by atoms with van der Waals surface area (Å²) >= 11 is 1.26. The molecule has 3 aromatic carbocycles. The van der Waals surface area contributed by atoms with E-state index in [1.807, 2.05) is 30.6 Å². The number of thiazole rings is 1. The molecule has 2 heterocycles. The Hall–Kier alpha value is -4.90. The first-order chi connectivity index (χ1) is 18.7. The van der Waals surface area contributed by atoms with Crippen molar-refractivity contribution in [3.63, 3.8) is 0 Å². The zero-order chi connectivity index (χ0) is 27.7. The molecule has 196 valence electrons. The maximum absolute atomic E-state index is 11.6. The van der Waals surface area contributed by atoms with Crippen molar-refractivity contribution in [3.8, 4) is 11.3 Å². The number of likely N-dealkylation sites (N-methyl/N-ethyl adjacent to an activating group) is 1. The number of allylic oxidation sites excluding steroid dienone is 2. The van der Waals surface area contributed by atoms with Crippen molar-refractivity contribution >= 4 is 40.3 Å². The lowest BCUT2D eigenvalue weighted by atomic mass is 9.84. The lowest BCUT2D eigenvalue weighted by Crippen LogP contribution is -2.23. The number of para-hydroxylation sites is 3. The summed E-state index contributed by atoms with van der Waals surface area (Å²) in [6.45, 7) is 4.31. The highest BCUT2D eigenvalue weighted by atomic mass is 32.1. The van der Waals surface area contributed by atoms with Gasteiger partial charge in [0.1, 0.15) is 5.69 Å². The van der Waals surface area contributed by atoms with Gasteiger partial charge in [0.15, 0.2) is 0 Å². The first-order valence-electron chi connectivity index (χ1n) is 12.0. The van der Waals surface area contributed by atoms with Crippen LogP contribution >= 0.6 is 11.3 Å². The molecule has 4 aromatic rings. The van der Waals surface area contributed by atoms with Crippen molar-refractivity contribution in [3.05, 3.63) is 121 Å². The van der Waals surface area contributed by atoms with E-state index in [9.17, 15) is 20.2 Å². The van der Waals surface area contributed by atoms with E-state index in [1.165, 1.54) is 35.1 Å². The average molecular weight is 541 g/mol. The molecule has 0 N–H and O–H groups in total. The Morgan fingerprint density at radius 2 is 1.62 bits per heavy atom. The number of hydrogen-bond donors (Lipinski definition) is 0. The second kappa shape index (κ2) is 10.1. The summed E-state index contributed by atoms with van der Waals surface area (Å²) in [5.41, 5.74) is 4.55. The van der Waals surface area contributed by atoms with Gasteiger partial charge in [-0.1, -0.05) is 44.2 Å². The van der Waals surface area contributed by atoms with Crippen LogP contribution in [0, 0.1) is 20.2 Å². The van der Waals surface area contributed by atoms with E-state index in [-0.39, 0.29) is 22.5 Å². The standard InChI is InChI=1S/C28H24N6O4S/c1-28(2)21-8-4-6-10-23(21)31(3)26(28)16-17-29-32-25(19-12-14-20(15-13-19)33(35)36)18-39-27(32)30-22-9-5-7-11-24(22)34(37)38/h4-18H,1-3H3. The van der Waals surface area contributed by atoms with Crippen LogP contribution in [0.3, 0.4) is 0 Å². The lowest BCUT2D eigenvalue weighted by Gasteiger charge is -2.23. The van der Waals surface area contributed by atoms with Crippen molar-refractivity contribution < 1.29 is 9.85 Å². The molecule has 5 rings (SSSR count). The minimum absolute atomic E-state index is 0.0235. The van der Waals surface area contributed by atoms with Gasteiger partial charge in [0.25, 0.3) is 11.4 Å². The Balaban J connectivity index is 1.62. The zero-order valence-corrected chi connectivity index (χ0v) is 22.2. The van der Waals surface area contributed by atoms with Gasteiger partial charge in [-0.3, -0.25) is 20.2 Å². The van der Waals surface area contributed by atoms with Crippen molar-refractivity contribution in [1.29, 1.82) is 0 Å². The van der Waals surface area contributed by atoms with Gasteiger partial charge in [-0.2, -0.15) is 5.10 Å². The molecular weight excluding hydrogens is 516 g/mol. The monoisotopic (exact) mass is 540 g/mol. The summed E-state index contributed by atoms with van der Waals surface area (Å²) in [6, 6.07) is 20.6. The fourth-order valence-electron chi connectivity index (χ4n) is 4.73. The number of aromatic nitrogens is 1. The van der Waals surface area contributed by atoms with Gasteiger partial charge in [-0.25, -0.2) is 9.67 Å². The SMILES string of the molecule is CN1C(=CC=Nn2c(-c3ccc([N+](=O)[O-])cc3)csc2=Nc2ccccc2[N+](=O)[O-])C(C)(C)c2ccccc21. The molecule has 0 unspecified atom stereocenters. The number of fused-ring (bicyclic) bond motifs is 1.